The average Bonchev–Trinajstić information content (AvgIpc) is 2.43. The highest BCUT2D eigenvalue weighted by atomic mass is 35.5. The molecule has 5 nitrogen and oxygen atoms in total. The van der Waals surface area contributed by atoms with Crippen LogP contribution in [0, 0.1) is 6.92 Å². The monoisotopic (exact) mass is 310 g/mol. The number of rotatable bonds is 3. The molecule has 6 heteroatoms. The second kappa shape index (κ2) is 6.35. The lowest BCUT2D eigenvalue weighted by atomic mass is 9.82. The van der Waals surface area contributed by atoms with E-state index in [4.69, 9.17) is 11.6 Å². The summed E-state index contributed by atoms with van der Waals surface area (Å²) in [6, 6.07) is 4.74. The standard InChI is InChI=1S/C15H19ClN2O3/c1-10-5-6-11(16)12(9-10)17-14(21)18-15(13(19)20)7-3-2-4-8-15/h5-6,9H,2-4,7-8H2,1H3,(H,19,20)(H2,17,18,21). The van der Waals surface area contributed by atoms with E-state index in [9.17, 15) is 14.7 Å². The van der Waals surface area contributed by atoms with Gasteiger partial charge in [0.1, 0.15) is 5.54 Å². The van der Waals surface area contributed by atoms with Gasteiger partial charge in [-0.25, -0.2) is 9.59 Å². The van der Waals surface area contributed by atoms with Gasteiger partial charge in [-0.3, -0.25) is 0 Å². The first-order valence-electron chi connectivity index (χ1n) is 7.02. The Morgan fingerprint density at radius 1 is 1.24 bits per heavy atom. The van der Waals surface area contributed by atoms with Crippen LogP contribution < -0.4 is 10.6 Å². The molecule has 0 radical (unpaired) electrons. The molecule has 1 aliphatic rings. The number of carboxylic acids is 1. The van der Waals surface area contributed by atoms with E-state index >= 15 is 0 Å². The fourth-order valence-electron chi connectivity index (χ4n) is 2.65. The van der Waals surface area contributed by atoms with Crippen LogP contribution in [-0.4, -0.2) is 22.6 Å². The molecule has 1 saturated carbocycles. The van der Waals surface area contributed by atoms with Gasteiger partial charge in [0.25, 0.3) is 0 Å². The highest BCUT2D eigenvalue weighted by molar-refractivity contribution is 6.33. The van der Waals surface area contributed by atoms with Crippen molar-refractivity contribution in [3.63, 3.8) is 0 Å². The van der Waals surface area contributed by atoms with Crippen LogP contribution in [0.3, 0.4) is 0 Å². The summed E-state index contributed by atoms with van der Waals surface area (Å²) in [7, 11) is 0. The van der Waals surface area contributed by atoms with Crippen LogP contribution in [-0.2, 0) is 4.79 Å². The molecule has 2 amide bonds. The lowest BCUT2D eigenvalue weighted by Crippen LogP contribution is -2.56. The summed E-state index contributed by atoms with van der Waals surface area (Å²) in [5.74, 6) is -0.979. The first kappa shape index (κ1) is 15.6. The Kier molecular flexibility index (Phi) is 4.73. The lowest BCUT2D eigenvalue weighted by Gasteiger charge is -2.33. The molecule has 0 spiro atoms. The van der Waals surface area contributed by atoms with Crippen molar-refractivity contribution >= 4 is 29.3 Å². The molecule has 2 rings (SSSR count). The highest BCUT2D eigenvalue weighted by Gasteiger charge is 2.41. The number of carboxylic acid groups (broad SMARTS) is 1. The van der Waals surface area contributed by atoms with Gasteiger partial charge in [0.2, 0.25) is 0 Å². The SMILES string of the molecule is Cc1ccc(Cl)c(NC(=O)NC2(C(=O)O)CCCCC2)c1. The van der Waals surface area contributed by atoms with Crippen molar-refractivity contribution in [1.29, 1.82) is 0 Å². The third-order valence-electron chi connectivity index (χ3n) is 3.84. The summed E-state index contributed by atoms with van der Waals surface area (Å²) >= 11 is 6.02. The van der Waals surface area contributed by atoms with Crippen molar-refractivity contribution in [3.05, 3.63) is 28.8 Å². The Morgan fingerprint density at radius 3 is 2.52 bits per heavy atom. The van der Waals surface area contributed by atoms with Crippen molar-refractivity contribution in [2.45, 2.75) is 44.6 Å². The van der Waals surface area contributed by atoms with E-state index in [2.05, 4.69) is 10.6 Å². The zero-order valence-electron chi connectivity index (χ0n) is 11.9. The van der Waals surface area contributed by atoms with Crippen LogP contribution >= 0.6 is 11.6 Å². The first-order valence-corrected chi connectivity index (χ1v) is 7.39. The maximum Gasteiger partial charge on any atom is 0.329 e. The van der Waals surface area contributed by atoms with Crippen LogP contribution in [0.15, 0.2) is 18.2 Å². The van der Waals surface area contributed by atoms with Gasteiger partial charge >= 0.3 is 12.0 Å². The van der Waals surface area contributed by atoms with Crippen molar-refractivity contribution in [3.8, 4) is 0 Å². The summed E-state index contributed by atoms with van der Waals surface area (Å²) < 4.78 is 0. The third-order valence-corrected chi connectivity index (χ3v) is 4.17. The number of aryl methyl sites for hydroxylation is 1. The molecule has 1 aromatic carbocycles. The van der Waals surface area contributed by atoms with E-state index in [1.807, 2.05) is 13.0 Å². The van der Waals surface area contributed by atoms with Crippen molar-refractivity contribution in [2.75, 3.05) is 5.32 Å². The second-order valence-electron chi connectivity index (χ2n) is 5.51. The molecule has 0 aliphatic heterocycles. The predicted octanol–water partition coefficient (Wildman–Crippen LogP) is 3.56. The van der Waals surface area contributed by atoms with E-state index in [0.29, 0.717) is 23.6 Å². The average molecular weight is 311 g/mol. The maximum atomic E-state index is 12.1. The van der Waals surface area contributed by atoms with Crippen LogP contribution in [0.4, 0.5) is 10.5 Å². The van der Waals surface area contributed by atoms with Gasteiger partial charge < -0.3 is 15.7 Å². The number of hydrogen-bond donors (Lipinski definition) is 3. The molecule has 1 aliphatic carbocycles. The van der Waals surface area contributed by atoms with Crippen LogP contribution in [0.2, 0.25) is 5.02 Å². The minimum Gasteiger partial charge on any atom is -0.480 e. The highest BCUT2D eigenvalue weighted by Crippen LogP contribution is 2.29. The molecular weight excluding hydrogens is 292 g/mol. The topological polar surface area (TPSA) is 78.4 Å². The molecule has 114 valence electrons. The largest absolute Gasteiger partial charge is 0.480 e. The number of halogens is 1. The number of urea groups is 1. The number of nitrogens with one attached hydrogen (secondary N) is 2. The summed E-state index contributed by atoms with van der Waals surface area (Å²) in [5.41, 5.74) is 0.268. The third kappa shape index (κ3) is 3.67. The molecule has 3 N–H and O–H groups in total. The minimum atomic E-state index is -1.17. The fraction of sp³-hybridized carbons (Fsp3) is 0.467. The minimum absolute atomic E-state index is 0.420. The molecule has 0 saturated heterocycles. The summed E-state index contributed by atoms with van der Waals surface area (Å²) in [4.78, 5) is 23.6. The number of carbonyl (C=O) groups is 2. The van der Waals surface area contributed by atoms with Crippen molar-refractivity contribution in [1.82, 2.24) is 5.32 Å². The Morgan fingerprint density at radius 2 is 1.90 bits per heavy atom. The zero-order chi connectivity index (χ0) is 15.5. The van der Waals surface area contributed by atoms with Crippen molar-refractivity contribution in [2.24, 2.45) is 0 Å². The van der Waals surface area contributed by atoms with E-state index in [1.165, 1.54) is 0 Å². The lowest BCUT2D eigenvalue weighted by molar-refractivity contribution is -0.145. The Hall–Kier alpha value is -1.75. The van der Waals surface area contributed by atoms with E-state index < -0.39 is 17.5 Å². The van der Waals surface area contributed by atoms with Crippen LogP contribution in [0.5, 0.6) is 0 Å². The van der Waals surface area contributed by atoms with Gasteiger partial charge in [-0.2, -0.15) is 0 Å². The normalized spacial score (nSPS) is 17.0. The van der Waals surface area contributed by atoms with E-state index in [0.717, 1.165) is 24.8 Å². The van der Waals surface area contributed by atoms with E-state index in [-0.39, 0.29) is 0 Å². The number of amides is 2. The number of benzene rings is 1. The number of carbonyl (C=O) groups excluding carboxylic acids is 1. The molecule has 0 unspecified atom stereocenters. The fourth-order valence-corrected chi connectivity index (χ4v) is 2.82. The quantitative estimate of drug-likeness (QED) is 0.798. The molecule has 0 bridgehead atoms. The first-order chi connectivity index (χ1) is 9.93. The van der Waals surface area contributed by atoms with Crippen LogP contribution in [0.1, 0.15) is 37.7 Å². The molecular formula is C15H19ClN2O3. The number of aliphatic carboxylic acids is 1. The van der Waals surface area contributed by atoms with E-state index in [1.54, 1.807) is 12.1 Å². The van der Waals surface area contributed by atoms with Crippen LogP contribution in [0.25, 0.3) is 0 Å². The van der Waals surface area contributed by atoms with Gasteiger partial charge in [-0.15, -0.1) is 0 Å². The van der Waals surface area contributed by atoms with Gasteiger partial charge in [0.05, 0.1) is 10.7 Å². The Labute approximate surface area is 128 Å². The zero-order valence-corrected chi connectivity index (χ0v) is 12.7. The summed E-state index contributed by atoms with van der Waals surface area (Å²) in [6.07, 6.45) is 3.52. The van der Waals surface area contributed by atoms with Gasteiger partial charge in [0.15, 0.2) is 0 Å². The van der Waals surface area contributed by atoms with Gasteiger partial charge in [-0.05, 0) is 37.5 Å². The van der Waals surface area contributed by atoms with Gasteiger partial charge in [0, 0.05) is 0 Å². The molecule has 0 atom stereocenters. The second-order valence-corrected chi connectivity index (χ2v) is 5.92. The smallest absolute Gasteiger partial charge is 0.329 e. The predicted molar refractivity (Wildman–Crippen MR) is 81.8 cm³/mol. The molecule has 21 heavy (non-hydrogen) atoms. The Balaban J connectivity index is 2.09. The van der Waals surface area contributed by atoms with Crippen molar-refractivity contribution < 1.29 is 14.7 Å². The molecule has 1 aromatic rings. The number of hydrogen-bond acceptors (Lipinski definition) is 2. The Bertz CT molecular complexity index is 554. The number of anilines is 1. The maximum absolute atomic E-state index is 12.1. The summed E-state index contributed by atoms with van der Waals surface area (Å²) in [5, 5.41) is 15.1. The summed E-state index contributed by atoms with van der Waals surface area (Å²) in [6.45, 7) is 1.89. The molecule has 0 heterocycles. The molecule has 0 aromatic heterocycles. The van der Waals surface area contributed by atoms with Gasteiger partial charge in [-0.1, -0.05) is 36.9 Å². The molecule has 1 fully saturated rings.